The van der Waals surface area contributed by atoms with Gasteiger partial charge in [0.1, 0.15) is 11.3 Å². The Morgan fingerprint density at radius 3 is 2.41 bits per heavy atom. The first kappa shape index (κ1) is 24.7. The molecule has 0 saturated heterocycles. The van der Waals surface area contributed by atoms with Crippen molar-refractivity contribution in [2.24, 2.45) is 7.05 Å². The second-order valence-electron chi connectivity index (χ2n) is 9.31. The van der Waals surface area contributed by atoms with Crippen LogP contribution in [0.5, 0.6) is 23.0 Å². The van der Waals surface area contributed by atoms with Gasteiger partial charge in [-0.2, -0.15) is 0 Å². The van der Waals surface area contributed by atoms with E-state index in [0.717, 1.165) is 17.5 Å². The highest BCUT2D eigenvalue weighted by molar-refractivity contribution is 6.02. The van der Waals surface area contributed by atoms with Crippen LogP contribution in [0.2, 0.25) is 0 Å². The summed E-state index contributed by atoms with van der Waals surface area (Å²) in [6.45, 7) is 3.24. The Bertz CT molecular complexity index is 1360. The van der Waals surface area contributed by atoms with E-state index in [2.05, 4.69) is 28.1 Å². The van der Waals surface area contributed by atoms with Crippen molar-refractivity contribution in [1.29, 1.82) is 0 Å². The van der Waals surface area contributed by atoms with Crippen LogP contribution in [0.1, 0.15) is 55.8 Å². The lowest BCUT2D eigenvalue weighted by atomic mass is 9.91. The van der Waals surface area contributed by atoms with E-state index in [4.69, 9.17) is 14.2 Å². The monoisotopic (exact) mass is 510 g/mol. The SMILES string of the molecule is COc1c(C(=O)NCCNCCNC(=O)c2cc(C)n(C)c(=O)c2O)c2c(c3c1C1C=CC3C1)OCO2. The molecule has 0 spiro atoms. The van der Waals surface area contributed by atoms with Gasteiger partial charge in [-0.25, -0.2) is 0 Å². The fourth-order valence-corrected chi connectivity index (χ4v) is 5.25. The summed E-state index contributed by atoms with van der Waals surface area (Å²) in [7, 11) is 3.09. The summed E-state index contributed by atoms with van der Waals surface area (Å²) in [6, 6.07) is 1.47. The Kier molecular flexibility index (Phi) is 6.55. The first-order valence-electron chi connectivity index (χ1n) is 12.2. The summed E-state index contributed by atoms with van der Waals surface area (Å²) in [5, 5.41) is 18.7. The number of allylic oxidation sites excluding steroid dienone is 2. The Morgan fingerprint density at radius 2 is 1.70 bits per heavy atom. The molecule has 2 heterocycles. The Balaban J connectivity index is 1.14. The quantitative estimate of drug-likeness (QED) is 0.290. The first-order valence-corrected chi connectivity index (χ1v) is 12.2. The number of carbonyl (C=O) groups excluding carboxylic acids is 2. The molecule has 1 aliphatic heterocycles. The zero-order valence-corrected chi connectivity index (χ0v) is 21.0. The molecule has 2 aliphatic carbocycles. The summed E-state index contributed by atoms with van der Waals surface area (Å²) >= 11 is 0. The lowest BCUT2D eigenvalue weighted by molar-refractivity contribution is 0.0941. The van der Waals surface area contributed by atoms with Gasteiger partial charge in [-0.3, -0.25) is 14.4 Å². The fraction of sp³-hybridized carbons (Fsp3) is 0.423. The molecular weight excluding hydrogens is 480 g/mol. The highest BCUT2D eigenvalue weighted by Crippen LogP contribution is 2.60. The van der Waals surface area contributed by atoms with Crippen LogP contribution in [-0.2, 0) is 7.05 Å². The van der Waals surface area contributed by atoms with Crippen LogP contribution < -0.4 is 35.7 Å². The van der Waals surface area contributed by atoms with Crippen LogP contribution in [0.4, 0.5) is 0 Å². The summed E-state index contributed by atoms with van der Waals surface area (Å²) in [5.41, 5.74) is 2.32. The zero-order valence-electron chi connectivity index (χ0n) is 21.0. The summed E-state index contributed by atoms with van der Waals surface area (Å²) in [4.78, 5) is 37.5. The number of aryl methyl sites for hydroxylation is 1. The molecule has 0 fully saturated rings. The van der Waals surface area contributed by atoms with Crippen molar-refractivity contribution >= 4 is 11.8 Å². The van der Waals surface area contributed by atoms with Gasteiger partial charge in [0, 0.05) is 61.9 Å². The Hall–Kier alpha value is -3.99. The molecule has 11 nitrogen and oxygen atoms in total. The predicted octanol–water partition coefficient (Wildman–Crippen LogP) is 1.03. The minimum absolute atomic E-state index is 0.0569. The zero-order chi connectivity index (χ0) is 26.3. The van der Waals surface area contributed by atoms with Gasteiger partial charge in [0.15, 0.2) is 17.2 Å². The van der Waals surface area contributed by atoms with E-state index in [-0.39, 0.29) is 36.6 Å². The number of aromatic hydroxyl groups is 1. The number of rotatable bonds is 9. The number of benzene rings is 1. The number of hydrogen-bond acceptors (Lipinski definition) is 8. The second kappa shape index (κ2) is 9.81. The molecule has 1 aromatic carbocycles. The smallest absolute Gasteiger partial charge is 0.293 e. The number of amides is 2. The molecule has 0 radical (unpaired) electrons. The van der Waals surface area contributed by atoms with E-state index >= 15 is 0 Å². The van der Waals surface area contributed by atoms with Crippen molar-refractivity contribution in [2.45, 2.75) is 25.2 Å². The fourth-order valence-electron chi connectivity index (χ4n) is 5.25. The third-order valence-electron chi connectivity index (χ3n) is 7.17. The molecule has 11 heteroatoms. The van der Waals surface area contributed by atoms with Crippen molar-refractivity contribution in [2.75, 3.05) is 40.1 Å². The van der Waals surface area contributed by atoms with Crippen molar-refractivity contribution in [3.8, 4) is 23.0 Å². The van der Waals surface area contributed by atoms with Crippen molar-refractivity contribution in [1.82, 2.24) is 20.5 Å². The lowest BCUT2D eigenvalue weighted by Crippen LogP contribution is -2.37. The van der Waals surface area contributed by atoms with Crippen molar-refractivity contribution in [3.63, 3.8) is 0 Å². The molecule has 2 aromatic rings. The molecule has 2 unspecified atom stereocenters. The van der Waals surface area contributed by atoms with Crippen LogP contribution in [0.3, 0.4) is 0 Å². The molecule has 1 aromatic heterocycles. The van der Waals surface area contributed by atoms with Crippen LogP contribution in [0.25, 0.3) is 0 Å². The third-order valence-corrected chi connectivity index (χ3v) is 7.17. The number of fused-ring (bicyclic) bond motifs is 7. The van der Waals surface area contributed by atoms with Crippen LogP contribution in [0.15, 0.2) is 23.0 Å². The topological polar surface area (TPSA) is 140 Å². The number of methoxy groups -OCH3 is 1. The van der Waals surface area contributed by atoms with E-state index in [9.17, 15) is 19.5 Å². The van der Waals surface area contributed by atoms with E-state index in [1.165, 1.54) is 17.7 Å². The van der Waals surface area contributed by atoms with Gasteiger partial charge < -0.3 is 39.8 Å². The van der Waals surface area contributed by atoms with Crippen molar-refractivity contribution < 1.29 is 28.9 Å². The maximum Gasteiger partial charge on any atom is 0.293 e. The largest absolute Gasteiger partial charge is 0.502 e. The van der Waals surface area contributed by atoms with Gasteiger partial charge in [-0.15, -0.1) is 0 Å². The number of aromatic nitrogens is 1. The number of carbonyl (C=O) groups is 2. The lowest BCUT2D eigenvalue weighted by Gasteiger charge is -2.20. The number of nitrogens with one attached hydrogen (secondary N) is 3. The predicted molar refractivity (Wildman–Crippen MR) is 134 cm³/mol. The second-order valence-corrected chi connectivity index (χ2v) is 9.31. The summed E-state index contributed by atoms with van der Waals surface area (Å²) < 4.78 is 18.4. The highest BCUT2D eigenvalue weighted by Gasteiger charge is 2.44. The molecule has 4 N–H and O–H groups in total. The number of pyridine rings is 1. The van der Waals surface area contributed by atoms with Gasteiger partial charge in [0.2, 0.25) is 6.79 Å². The van der Waals surface area contributed by atoms with Gasteiger partial charge in [-0.1, -0.05) is 12.2 Å². The van der Waals surface area contributed by atoms with E-state index in [0.29, 0.717) is 48.1 Å². The van der Waals surface area contributed by atoms with Gasteiger partial charge in [0.25, 0.3) is 17.4 Å². The van der Waals surface area contributed by atoms with E-state index in [1.54, 1.807) is 14.0 Å². The number of ether oxygens (including phenoxy) is 3. The maximum absolute atomic E-state index is 13.2. The molecule has 3 aliphatic rings. The number of hydrogen-bond donors (Lipinski definition) is 4. The van der Waals surface area contributed by atoms with Crippen LogP contribution in [-0.4, -0.2) is 61.6 Å². The van der Waals surface area contributed by atoms with Gasteiger partial charge >= 0.3 is 0 Å². The highest BCUT2D eigenvalue weighted by atomic mass is 16.7. The first-order chi connectivity index (χ1) is 17.8. The minimum Gasteiger partial charge on any atom is -0.502 e. The van der Waals surface area contributed by atoms with Gasteiger partial charge in [0.05, 0.1) is 12.7 Å². The molecule has 37 heavy (non-hydrogen) atoms. The van der Waals surface area contributed by atoms with Gasteiger partial charge in [-0.05, 0) is 19.4 Å². The van der Waals surface area contributed by atoms with Crippen molar-refractivity contribution in [3.05, 3.63) is 56.5 Å². The maximum atomic E-state index is 13.2. The summed E-state index contributed by atoms with van der Waals surface area (Å²) in [5.74, 6) is 0.662. The average molecular weight is 511 g/mol. The van der Waals surface area contributed by atoms with Crippen LogP contribution in [0, 0.1) is 6.92 Å². The molecule has 2 atom stereocenters. The molecule has 5 rings (SSSR count). The Labute approximate surface area is 213 Å². The normalized spacial score (nSPS) is 18.1. The average Bonchev–Trinajstić information content (AvgIpc) is 3.64. The molecular formula is C26H30N4O7. The van der Waals surface area contributed by atoms with Crippen LogP contribution >= 0.6 is 0 Å². The standard InChI is InChI=1S/C26H30N4O7/c1-13-10-16(20(31)26(34)30(13)2)24(32)28-8-6-27-7-9-29-25(33)19-21(35-3)17-14-4-5-15(11-14)18(17)22-23(19)37-12-36-22/h4-5,10,14-15,27,31H,6-9,11-12H2,1-3H3,(H,28,32)(H,29,33). The number of nitrogens with zero attached hydrogens (tertiary/aromatic N) is 1. The molecule has 2 amide bonds. The van der Waals surface area contributed by atoms with E-state index < -0.39 is 17.2 Å². The molecule has 0 saturated carbocycles. The summed E-state index contributed by atoms with van der Waals surface area (Å²) in [6.07, 6.45) is 5.28. The minimum atomic E-state index is -0.620. The molecule has 196 valence electrons. The third kappa shape index (κ3) is 4.18. The Morgan fingerprint density at radius 1 is 1.05 bits per heavy atom. The molecule has 2 bridgehead atoms. The van der Waals surface area contributed by atoms with E-state index in [1.807, 2.05) is 0 Å².